The summed E-state index contributed by atoms with van der Waals surface area (Å²) < 4.78 is 0. The van der Waals surface area contributed by atoms with Gasteiger partial charge in [-0.15, -0.1) is 0 Å². The van der Waals surface area contributed by atoms with Crippen LogP contribution in [0, 0.1) is 11.8 Å². The van der Waals surface area contributed by atoms with E-state index in [1.54, 1.807) is 0 Å². The fourth-order valence-electron chi connectivity index (χ4n) is 10.3. The molecule has 26 nitrogen and oxygen atoms in total. The van der Waals surface area contributed by atoms with Crippen molar-refractivity contribution in [2.24, 2.45) is 17.6 Å². The molecule has 1 aromatic rings. The van der Waals surface area contributed by atoms with Crippen LogP contribution in [0.4, 0.5) is 0 Å². The van der Waals surface area contributed by atoms with Crippen molar-refractivity contribution in [1.82, 2.24) is 47.2 Å². The highest BCUT2D eigenvalue weighted by atomic mass is 16.5. The number of hydrogen-bond donors (Lipinski definition) is 17. The summed E-state index contributed by atoms with van der Waals surface area (Å²) in [6.45, 7) is 6.42. The van der Waals surface area contributed by atoms with Crippen LogP contribution in [-0.2, 0) is 33.6 Å². The lowest BCUT2D eigenvalue weighted by atomic mass is 9.91. The van der Waals surface area contributed by atoms with Gasteiger partial charge in [-0.2, -0.15) is 0 Å². The minimum Gasteiger partial charge on any atom is -0.508 e. The summed E-state index contributed by atoms with van der Waals surface area (Å²) in [7, 11) is 0. The first-order valence-electron chi connectivity index (χ1n) is 27.5. The number of hydroxylamine groups is 1. The summed E-state index contributed by atoms with van der Waals surface area (Å²) in [5, 5.41) is 114. The number of phenolic OH excluding ortho intramolecular Hbond substituents is 1. The SMILES string of the molecule is CCC(C)CC(C)CCCCCCCCC(=O)N[C@H]1C[C@@H](O)[C@@H](NCCNO)NC(=O)[C@@H]2[C@@H](O)CCN2C(=O)[C@H]([C@H](O)CCN)NC(=O)[C@H]([C@H](O)[C@@H](O)c2ccc(O)cc2)NC(=O)[C@@H]2C[C@@H](O)CN2C(=O)[C@H]([C@@H](C)O)NC1=O. The standard InChI is InChI=1S/C52H88N10O16/c1-5-28(2)24-29(3)12-10-8-6-7-9-11-13-39(69)56-34-26-38(68)46(54-21-22-55-78)60-50(75)43-37(67)19-23-61(43)52(77)41(36(66)18-20-53)58-49(74)42(45(71)44(70)31-14-16-32(64)17-15-31)59-48(73)35-25-33(65)27-62(35)51(76)40(30(4)63)57-47(34)72/h14-17,28-30,33-38,40-46,54-55,63-68,70-71,78H,5-13,18-27,53H2,1-4H3,(H,56,69)(H,57,72)(H,58,74)(H,59,73)(H,60,75)/t28?,29?,30-,33-,34+,35+,36-,37+,38-,40+,41+,42+,43+,44+,45+,46+/m1/s1. The highest BCUT2D eigenvalue weighted by molar-refractivity contribution is 5.98. The van der Waals surface area contributed by atoms with Gasteiger partial charge in [-0.3, -0.25) is 38.9 Å². The third-order valence-corrected chi connectivity index (χ3v) is 15.0. The number of nitrogens with two attached hydrogens (primary N) is 1. The number of fused-ring (bicyclic) bond motifs is 2. The molecule has 26 heteroatoms. The first-order valence-corrected chi connectivity index (χ1v) is 27.5. The van der Waals surface area contributed by atoms with Gasteiger partial charge in [0.15, 0.2) is 0 Å². The molecule has 0 aromatic heterocycles. The molecule has 2 unspecified atom stereocenters. The number of amides is 7. The maximum Gasteiger partial charge on any atom is 0.248 e. The molecular formula is C52H88N10O16. The Kier molecular flexibility index (Phi) is 27.0. The smallest absolute Gasteiger partial charge is 0.248 e. The molecule has 78 heavy (non-hydrogen) atoms. The Hall–Kier alpha value is -5.13. The number of benzene rings is 1. The van der Waals surface area contributed by atoms with Gasteiger partial charge in [0.2, 0.25) is 41.4 Å². The molecule has 7 amide bonds. The number of nitrogens with one attached hydrogen (secondary N) is 7. The summed E-state index contributed by atoms with van der Waals surface area (Å²) in [4.78, 5) is 102. The van der Waals surface area contributed by atoms with E-state index >= 15 is 0 Å². The van der Waals surface area contributed by atoms with Gasteiger partial charge >= 0.3 is 0 Å². The number of nitrogens with zero attached hydrogens (tertiary/aromatic N) is 2. The van der Waals surface area contributed by atoms with Crippen molar-refractivity contribution in [2.45, 2.75) is 203 Å². The van der Waals surface area contributed by atoms with E-state index in [9.17, 15) is 79.6 Å². The van der Waals surface area contributed by atoms with Crippen LogP contribution < -0.4 is 43.1 Å². The van der Waals surface area contributed by atoms with Gasteiger partial charge in [-0.1, -0.05) is 77.8 Å². The predicted molar refractivity (Wildman–Crippen MR) is 281 cm³/mol. The molecule has 3 saturated heterocycles. The van der Waals surface area contributed by atoms with E-state index < -0.39 is 146 Å². The Labute approximate surface area is 455 Å². The fourth-order valence-corrected chi connectivity index (χ4v) is 10.3. The molecule has 3 fully saturated rings. The summed E-state index contributed by atoms with van der Waals surface area (Å²) in [5.74, 6) is -6.60. The van der Waals surface area contributed by atoms with Crippen LogP contribution in [0.3, 0.4) is 0 Å². The van der Waals surface area contributed by atoms with Crippen molar-refractivity contribution in [3.8, 4) is 5.75 Å². The fraction of sp³-hybridized carbons (Fsp3) is 0.750. The molecule has 3 heterocycles. The first kappa shape index (κ1) is 65.4. The van der Waals surface area contributed by atoms with Crippen molar-refractivity contribution >= 4 is 41.4 Å². The molecule has 442 valence electrons. The lowest BCUT2D eigenvalue weighted by Crippen LogP contribution is -2.65. The zero-order valence-corrected chi connectivity index (χ0v) is 45.3. The Morgan fingerprint density at radius 3 is 2.00 bits per heavy atom. The van der Waals surface area contributed by atoms with Crippen LogP contribution in [0.25, 0.3) is 0 Å². The highest BCUT2D eigenvalue weighted by Gasteiger charge is 2.49. The largest absolute Gasteiger partial charge is 0.508 e. The molecule has 18 N–H and O–H groups in total. The summed E-state index contributed by atoms with van der Waals surface area (Å²) in [6, 6.07) is -6.56. The zero-order chi connectivity index (χ0) is 57.8. The molecule has 4 rings (SSSR count). The van der Waals surface area contributed by atoms with Crippen LogP contribution in [0.1, 0.15) is 129 Å². The van der Waals surface area contributed by atoms with Gasteiger partial charge in [-0.05, 0) is 68.7 Å². The average molecular weight is 1110 g/mol. The van der Waals surface area contributed by atoms with E-state index in [1.807, 2.05) is 5.48 Å². The summed E-state index contributed by atoms with van der Waals surface area (Å²) in [6.07, 6.45) is -7.36. The van der Waals surface area contributed by atoms with E-state index in [1.165, 1.54) is 18.6 Å². The van der Waals surface area contributed by atoms with E-state index in [4.69, 9.17) is 5.73 Å². The zero-order valence-electron chi connectivity index (χ0n) is 45.3. The number of hydrogen-bond acceptors (Lipinski definition) is 19. The maximum absolute atomic E-state index is 14.6. The molecule has 16 atom stereocenters. The topological polar surface area (TPSA) is 418 Å². The molecule has 0 spiro atoms. The quantitative estimate of drug-likeness (QED) is 0.0356. The highest BCUT2D eigenvalue weighted by Crippen LogP contribution is 2.27. The number of aromatic hydroxyl groups is 1. The lowest BCUT2D eigenvalue weighted by Gasteiger charge is -2.35. The second kappa shape index (κ2) is 32.2. The van der Waals surface area contributed by atoms with Crippen molar-refractivity contribution in [1.29, 1.82) is 0 Å². The monoisotopic (exact) mass is 1110 g/mol. The number of aliphatic hydroxyl groups is 7. The van der Waals surface area contributed by atoms with Crippen molar-refractivity contribution in [3.63, 3.8) is 0 Å². The van der Waals surface area contributed by atoms with Gasteiger partial charge in [0.25, 0.3) is 0 Å². The van der Waals surface area contributed by atoms with E-state index in [0.29, 0.717) is 24.7 Å². The van der Waals surface area contributed by atoms with Crippen LogP contribution in [0.5, 0.6) is 5.75 Å². The minimum absolute atomic E-state index is 0.0446. The molecule has 3 aliphatic heterocycles. The number of phenols is 1. The summed E-state index contributed by atoms with van der Waals surface area (Å²) >= 11 is 0. The predicted octanol–water partition coefficient (Wildman–Crippen LogP) is -3.29. The van der Waals surface area contributed by atoms with E-state index in [-0.39, 0.29) is 56.8 Å². The average Bonchev–Trinajstić information content (AvgIpc) is 3.99. The molecule has 0 bridgehead atoms. The molecule has 3 aliphatic rings. The van der Waals surface area contributed by atoms with Gasteiger partial charge in [0, 0.05) is 45.4 Å². The van der Waals surface area contributed by atoms with Gasteiger partial charge in [0.1, 0.15) is 60.4 Å². The maximum atomic E-state index is 14.6. The third-order valence-electron chi connectivity index (χ3n) is 15.0. The number of rotatable bonds is 24. The molecule has 0 radical (unpaired) electrons. The number of carbonyl (C=O) groups is 7. The van der Waals surface area contributed by atoms with Crippen LogP contribution >= 0.6 is 0 Å². The van der Waals surface area contributed by atoms with Crippen molar-refractivity contribution in [2.75, 3.05) is 32.7 Å². The second-order valence-electron chi connectivity index (χ2n) is 21.4. The Morgan fingerprint density at radius 2 is 1.36 bits per heavy atom. The Balaban J connectivity index is 1.74. The molecule has 0 saturated carbocycles. The minimum atomic E-state index is -2.29. The first-order chi connectivity index (χ1) is 37.0. The van der Waals surface area contributed by atoms with E-state index in [0.717, 1.165) is 67.4 Å². The number of unbranched alkanes of at least 4 members (excludes halogenated alkanes) is 5. The van der Waals surface area contributed by atoms with Crippen LogP contribution in [0.15, 0.2) is 24.3 Å². The van der Waals surface area contributed by atoms with Gasteiger partial charge < -0.3 is 88.2 Å². The number of carbonyl (C=O) groups excluding carboxylic acids is 7. The van der Waals surface area contributed by atoms with Crippen LogP contribution in [0.2, 0.25) is 0 Å². The third kappa shape index (κ3) is 19.0. The molecular weight excluding hydrogens is 1020 g/mol. The van der Waals surface area contributed by atoms with Crippen molar-refractivity contribution < 1.29 is 79.6 Å². The molecule has 0 aliphatic carbocycles. The van der Waals surface area contributed by atoms with Gasteiger partial charge in [0.05, 0.1) is 30.5 Å². The molecule has 1 aromatic carbocycles. The van der Waals surface area contributed by atoms with Gasteiger partial charge in [-0.25, -0.2) is 5.48 Å². The van der Waals surface area contributed by atoms with E-state index in [2.05, 4.69) is 52.7 Å². The summed E-state index contributed by atoms with van der Waals surface area (Å²) in [5.41, 5.74) is 7.60. The van der Waals surface area contributed by atoms with Crippen molar-refractivity contribution in [3.05, 3.63) is 29.8 Å². The number of aliphatic hydroxyl groups excluding tert-OH is 7. The second-order valence-corrected chi connectivity index (χ2v) is 21.4. The normalized spacial score (nSPS) is 28.4. The lowest BCUT2D eigenvalue weighted by molar-refractivity contribution is -0.148. The van der Waals surface area contributed by atoms with Crippen LogP contribution in [-0.4, -0.2) is 209 Å². The Bertz CT molecular complexity index is 2090. The Morgan fingerprint density at radius 1 is 0.731 bits per heavy atom.